The molecule has 84 valence electrons. The minimum Gasteiger partial charge on any atom is -0.276 e. The second-order valence-corrected chi connectivity index (χ2v) is 6.31. The summed E-state index contributed by atoms with van der Waals surface area (Å²) < 4.78 is 0. The van der Waals surface area contributed by atoms with E-state index >= 15 is 0 Å². The van der Waals surface area contributed by atoms with Gasteiger partial charge in [-0.3, -0.25) is 4.79 Å². The van der Waals surface area contributed by atoms with E-state index in [0.29, 0.717) is 16.9 Å². The Hall–Kier alpha value is -0.300. The van der Waals surface area contributed by atoms with E-state index in [1.165, 1.54) is 12.8 Å². The van der Waals surface area contributed by atoms with Crippen LogP contribution in [0, 0.1) is 22.7 Å². The maximum atomic E-state index is 11.2. The maximum Gasteiger partial charge on any atom is 0.248 e. The number of rotatable bonds is 2. The molecule has 0 aromatic rings. The fourth-order valence-corrected chi connectivity index (χ4v) is 4.00. The molecule has 2 bridgehead atoms. The van der Waals surface area contributed by atoms with Crippen molar-refractivity contribution in [3.63, 3.8) is 0 Å². The molecule has 3 atom stereocenters. The molecule has 2 fully saturated rings. The quantitative estimate of drug-likeness (QED) is 0.518. The highest BCUT2D eigenvalue weighted by molar-refractivity contribution is 6.67. The Labute approximate surface area is 96.9 Å². The van der Waals surface area contributed by atoms with E-state index in [-0.39, 0.29) is 10.7 Å². The van der Waals surface area contributed by atoms with Gasteiger partial charge in [0.15, 0.2) is 0 Å². The zero-order valence-electron chi connectivity index (χ0n) is 9.77. The van der Waals surface area contributed by atoms with Gasteiger partial charge >= 0.3 is 0 Å². The van der Waals surface area contributed by atoms with Crippen molar-refractivity contribution in [3.8, 4) is 0 Å². The highest BCUT2D eigenvalue weighted by Crippen LogP contribution is 2.69. The molecule has 0 aromatic carbocycles. The first-order valence-corrected chi connectivity index (χ1v) is 6.07. The van der Waals surface area contributed by atoms with Gasteiger partial charge in [0.1, 0.15) is 0 Å². The first-order chi connectivity index (χ1) is 6.80. The number of carbonyl (C=O) groups is 1. The van der Waals surface area contributed by atoms with Crippen molar-refractivity contribution in [1.29, 1.82) is 0 Å². The summed E-state index contributed by atoms with van der Waals surface area (Å²) in [5.41, 5.74) is 1.18. The normalized spacial score (nSPS) is 41.9. The molecular formula is C13H19ClO. The predicted octanol–water partition coefficient (Wildman–Crippen LogP) is 3.77. The van der Waals surface area contributed by atoms with E-state index in [1.807, 2.05) is 0 Å². The topological polar surface area (TPSA) is 17.1 Å². The highest BCUT2D eigenvalue weighted by atomic mass is 35.5. The number of carbonyl (C=O) groups excluding carboxylic acids is 1. The Morgan fingerprint density at radius 3 is 2.33 bits per heavy atom. The van der Waals surface area contributed by atoms with Gasteiger partial charge < -0.3 is 0 Å². The van der Waals surface area contributed by atoms with Crippen molar-refractivity contribution in [2.45, 2.75) is 40.0 Å². The van der Waals surface area contributed by atoms with Gasteiger partial charge in [-0.25, -0.2) is 0 Å². The SMILES string of the molecule is C=C(C(=O)Cl)C1CC2CCC1(C)C2(C)C. The molecule has 2 aliphatic carbocycles. The third-order valence-electron chi connectivity index (χ3n) is 5.47. The summed E-state index contributed by atoms with van der Waals surface area (Å²) in [7, 11) is 0. The Balaban J connectivity index is 2.34. The monoisotopic (exact) mass is 226 g/mol. The van der Waals surface area contributed by atoms with Gasteiger partial charge in [0.25, 0.3) is 0 Å². The number of hydrogen-bond acceptors (Lipinski definition) is 1. The number of fused-ring (bicyclic) bond motifs is 2. The predicted molar refractivity (Wildman–Crippen MR) is 62.7 cm³/mol. The second kappa shape index (κ2) is 3.10. The molecule has 2 heteroatoms. The molecule has 0 heterocycles. The summed E-state index contributed by atoms with van der Waals surface area (Å²) in [6, 6.07) is 0. The summed E-state index contributed by atoms with van der Waals surface area (Å²) >= 11 is 5.56. The lowest BCUT2D eigenvalue weighted by Crippen LogP contribution is -2.33. The minimum atomic E-state index is -0.343. The average molecular weight is 227 g/mol. The van der Waals surface area contributed by atoms with Crippen LogP contribution >= 0.6 is 11.6 Å². The van der Waals surface area contributed by atoms with Crippen LogP contribution in [0.3, 0.4) is 0 Å². The summed E-state index contributed by atoms with van der Waals surface area (Å²) in [5, 5.41) is -0.343. The standard InChI is InChI=1S/C13H19ClO/c1-8(11(14)15)10-7-9-5-6-13(10,4)12(9,2)3/h9-10H,1,5-7H2,2-4H3. The Morgan fingerprint density at radius 2 is 2.00 bits per heavy atom. The lowest BCUT2D eigenvalue weighted by Gasteiger charge is -2.39. The van der Waals surface area contributed by atoms with Gasteiger partial charge in [-0.15, -0.1) is 0 Å². The van der Waals surface area contributed by atoms with Gasteiger partial charge in [-0.2, -0.15) is 0 Å². The molecule has 0 spiro atoms. The van der Waals surface area contributed by atoms with Crippen LogP contribution in [0.5, 0.6) is 0 Å². The summed E-state index contributed by atoms with van der Waals surface area (Å²) in [4.78, 5) is 11.2. The highest BCUT2D eigenvalue weighted by Gasteiger charge is 2.62. The number of allylic oxidation sites excluding steroid dienone is 1. The van der Waals surface area contributed by atoms with E-state index in [1.54, 1.807) is 0 Å². The third kappa shape index (κ3) is 1.25. The molecule has 2 rings (SSSR count). The zero-order valence-corrected chi connectivity index (χ0v) is 10.5. The zero-order chi connectivity index (χ0) is 11.4. The van der Waals surface area contributed by atoms with Gasteiger partial charge in [0.2, 0.25) is 5.24 Å². The first kappa shape index (κ1) is 11.2. The van der Waals surface area contributed by atoms with Crippen LogP contribution in [-0.2, 0) is 4.79 Å². The van der Waals surface area contributed by atoms with Crippen LogP contribution in [0.25, 0.3) is 0 Å². The van der Waals surface area contributed by atoms with E-state index < -0.39 is 0 Å². The Kier molecular flexibility index (Phi) is 2.31. The smallest absolute Gasteiger partial charge is 0.248 e. The van der Waals surface area contributed by atoms with E-state index in [4.69, 9.17) is 11.6 Å². The molecular weight excluding hydrogens is 208 g/mol. The molecule has 0 aromatic heterocycles. The molecule has 0 saturated heterocycles. The van der Waals surface area contributed by atoms with Crippen LogP contribution in [-0.4, -0.2) is 5.24 Å². The Bertz CT molecular complexity index is 331. The van der Waals surface area contributed by atoms with Gasteiger partial charge in [0.05, 0.1) is 0 Å². The molecule has 3 unspecified atom stereocenters. The first-order valence-electron chi connectivity index (χ1n) is 5.69. The maximum absolute atomic E-state index is 11.2. The molecule has 15 heavy (non-hydrogen) atoms. The molecule has 0 amide bonds. The largest absolute Gasteiger partial charge is 0.276 e. The lowest BCUT2D eigenvalue weighted by molar-refractivity contribution is -0.109. The van der Waals surface area contributed by atoms with E-state index in [9.17, 15) is 4.79 Å². The van der Waals surface area contributed by atoms with Crippen molar-refractivity contribution in [3.05, 3.63) is 12.2 Å². The van der Waals surface area contributed by atoms with E-state index in [0.717, 1.165) is 12.3 Å². The summed E-state index contributed by atoms with van der Waals surface area (Å²) in [6.07, 6.45) is 3.60. The second-order valence-electron chi connectivity index (χ2n) is 5.96. The number of halogens is 1. The van der Waals surface area contributed by atoms with Crippen molar-refractivity contribution >= 4 is 16.8 Å². The number of hydrogen-bond donors (Lipinski definition) is 0. The summed E-state index contributed by atoms with van der Waals surface area (Å²) in [5.74, 6) is 1.04. The van der Waals surface area contributed by atoms with Crippen molar-refractivity contribution in [2.24, 2.45) is 22.7 Å². The van der Waals surface area contributed by atoms with Crippen LogP contribution < -0.4 is 0 Å². The fourth-order valence-electron chi connectivity index (χ4n) is 3.87. The van der Waals surface area contributed by atoms with Crippen molar-refractivity contribution in [2.75, 3.05) is 0 Å². The van der Waals surface area contributed by atoms with Crippen LogP contribution in [0.4, 0.5) is 0 Å². The van der Waals surface area contributed by atoms with Gasteiger partial charge in [-0.05, 0) is 53.5 Å². The average Bonchev–Trinajstić information content (AvgIpc) is 2.47. The molecule has 0 aliphatic heterocycles. The van der Waals surface area contributed by atoms with Crippen LogP contribution in [0.2, 0.25) is 0 Å². The van der Waals surface area contributed by atoms with Crippen LogP contribution in [0.15, 0.2) is 12.2 Å². The molecule has 2 saturated carbocycles. The minimum absolute atomic E-state index is 0.222. The summed E-state index contributed by atoms with van der Waals surface area (Å²) in [6.45, 7) is 10.8. The lowest BCUT2D eigenvalue weighted by atomic mass is 9.65. The molecule has 0 N–H and O–H groups in total. The molecule has 1 nitrogen and oxygen atoms in total. The molecule has 0 radical (unpaired) electrons. The van der Waals surface area contributed by atoms with Crippen molar-refractivity contribution in [1.82, 2.24) is 0 Å². The van der Waals surface area contributed by atoms with E-state index in [2.05, 4.69) is 27.4 Å². The van der Waals surface area contributed by atoms with Gasteiger partial charge in [0, 0.05) is 5.57 Å². The molecule has 2 aliphatic rings. The fraction of sp³-hybridized carbons (Fsp3) is 0.769. The van der Waals surface area contributed by atoms with Crippen molar-refractivity contribution < 1.29 is 4.79 Å². The van der Waals surface area contributed by atoms with Crippen LogP contribution in [0.1, 0.15) is 40.0 Å². The third-order valence-corrected chi connectivity index (χ3v) is 5.71. The van der Waals surface area contributed by atoms with Gasteiger partial charge in [-0.1, -0.05) is 27.4 Å². The Morgan fingerprint density at radius 1 is 1.40 bits per heavy atom.